The lowest BCUT2D eigenvalue weighted by atomic mass is 9.82. The maximum Gasteiger partial charge on any atom is 0.416 e. The summed E-state index contributed by atoms with van der Waals surface area (Å²) in [7, 11) is 1.03. The molecule has 6 nitrogen and oxygen atoms in total. The number of ether oxygens (including phenoxy) is 1. The molecule has 0 unspecified atom stereocenters. The summed E-state index contributed by atoms with van der Waals surface area (Å²) in [5.41, 5.74) is -4.08. The van der Waals surface area contributed by atoms with E-state index in [4.69, 9.17) is 11.6 Å². The van der Waals surface area contributed by atoms with Gasteiger partial charge >= 0.3 is 18.2 Å². The maximum absolute atomic E-state index is 14.4. The van der Waals surface area contributed by atoms with Crippen LogP contribution in [-0.4, -0.2) is 24.1 Å². The van der Waals surface area contributed by atoms with Gasteiger partial charge in [0.25, 0.3) is 0 Å². The van der Waals surface area contributed by atoms with Crippen LogP contribution in [0.2, 0.25) is 5.02 Å². The number of nitrogens with zero attached hydrogens (tertiary/aromatic N) is 1. The van der Waals surface area contributed by atoms with Gasteiger partial charge in [0.1, 0.15) is 17.2 Å². The first-order valence-corrected chi connectivity index (χ1v) is 10.2. The van der Waals surface area contributed by atoms with E-state index >= 15 is 0 Å². The van der Waals surface area contributed by atoms with Crippen LogP contribution in [0.4, 0.5) is 32.4 Å². The molecule has 0 aliphatic carbocycles. The average Bonchev–Trinajstić information content (AvgIpc) is 2.78. The average molecular weight is 514 g/mol. The molecule has 0 fully saturated rings. The van der Waals surface area contributed by atoms with Crippen LogP contribution in [0.5, 0.6) is 0 Å². The van der Waals surface area contributed by atoms with Crippen molar-refractivity contribution in [2.75, 3.05) is 12.4 Å². The van der Waals surface area contributed by atoms with Crippen molar-refractivity contribution in [2.45, 2.75) is 18.1 Å². The predicted molar refractivity (Wildman–Crippen MR) is 117 cm³/mol. The van der Waals surface area contributed by atoms with Gasteiger partial charge in [-0.15, -0.1) is 0 Å². The zero-order chi connectivity index (χ0) is 25.8. The van der Waals surface area contributed by atoms with Crippen molar-refractivity contribution in [3.63, 3.8) is 0 Å². The first-order valence-electron chi connectivity index (χ1n) is 9.85. The molecule has 1 heterocycles. The number of benzene rings is 2. The molecule has 2 amide bonds. The number of rotatable bonds is 6. The Hall–Kier alpha value is -3.73. The molecule has 12 heteroatoms. The fraction of sp³-hybridized carbons (Fsp3) is 0.174. The van der Waals surface area contributed by atoms with Crippen LogP contribution in [-0.2, 0) is 21.2 Å². The molecule has 0 bridgehead atoms. The third kappa shape index (κ3) is 6.24. The van der Waals surface area contributed by atoms with Gasteiger partial charge in [-0.25, -0.2) is 13.6 Å². The standard InChI is InChI=1S/C23H17ClF5N3O3/c1-35-20(33)11-22(19-6-5-15(24)12-30-19,13-7-14(23(27,28)29)9-17(26)8-13)32-21(34)31-18-4-2-3-16(25)10-18/h2-10,12H,11H2,1H3,(H2,31,32,34)/t22-/m0/s1. The number of esters is 1. The number of nitrogens with one attached hydrogen (secondary N) is 2. The highest BCUT2D eigenvalue weighted by Crippen LogP contribution is 2.38. The molecule has 1 atom stereocenters. The van der Waals surface area contributed by atoms with Crippen molar-refractivity contribution in [1.29, 1.82) is 0 Å². The first kappa shape index (κ1) is 25.9. The van der Waals surface area contributed by atoms with Crippen molar-refractivity contribution in [3.8, 4) is 0 Å². The highest BCUT2D eigenvalue weighted by Gasteiger charge is 2.42. The number of carbonyl (C=O) groups excluding carboxylic acids is 2. The molecular weight excluding hydrogens is 497 g/mol. The van der Waals surface area contributed by atoms with Gasteiger partial charge in [0.15, 0.2) is 0 Å². The molecule has 0 saturated carbocycles. The molecule has 3 rings (SSSR count). The topological polar surface area (TPSA) is 80.3 Å². The Kier molecular flexibility index (Phi) is 7.59. The van der Waals surface area contributed by atoms with Crippen LogP contribution in [0, 0.1) is 11.6 Å². The number of anilines is 1. The molecule has 0 saturated heterocycles. The highest BCUT2D eigenvalue weighted by molar-refractivity contribution is 6.30. The van der Waals surface area contributed by atoms with Gasteiger partial charge in [0.05, 0.1) is 29.8 Å². The molecule has 0 aliphatic heterocycles. The Labute approximate surface area is 201 Å². The van der Waals surface area contributed by atoms with Crippen LogP contribution in [0.25, 0.3) is 0 Å². The van der Waals surface area contributed by atoms with E-state index in [1.165, 1.54) is 24.3 Å². The number of hydrogen-bond acceptors (Lipinski definition) is 4. The van der Waals surface area contributed by atoms with Crippen molar-refractivity contribution < 1.29 is 36.3 Å². The Balaban J connectivity index is 2.20. The molecule has 0 spiro atoms. The normalized spacial score (nSPS) is 13.0. The molecule has 1 aromatic heterocycles. The van der Waals surface area contributed by atoms with E-state index in [0.717, 1.165) is 31.5 Å². The maximum atomic E-state index is 14.4. The number of carbonyl (C=O) groups is 2. The number of aromatic nitrogens is 1. The minimum absolute atomic E-state index is 0.00811. The van der Waals surface area contributed by atoms with Gasteiger partial charge in [-0.05, 0) is 54.1 Å². The lowest BCUT2D eigenvalue weighted by Gasteiger charge is -2.34. The van der Waals surface area contributed by atoms with Gasteiger partial charge in [0, 0.05) is 11.9 Å². The van der Waals surface area contributed by atoms with Crippen LogP contribution in [0.15, 0.2) is 60.8 Å². The molecule has 3 aromatic rings. The molecule has 2 N–H and O–H groups in total. The molecule has 0 radical (unpaired) electrons. The molecule has 0 aliphatic rings. The van der Waals surface area contributed by atoms with E-state index in [1.54, 1.807) is 0 Å². The Morgan fingerprint density at radius 2 is 1.71 bits per heavy atom. The number of pyridine rings is 1. The van der Waals surface area contributed by atoms with Crippen LogP contribution < -0.4 is 10.6 Å². The van der Waals surface area contributed by atoms with E-state index in [-0.39, 0.29) is 22.5 Å². The van der Waals surface area contributed by atoms with Crippen LogP contribution in [0.3, 0.4) is 0 Å². The molecule has 35 heavy (non-hydrogen) atoms. The highest BCUT2D eigenvalue weighted by atomic mass is 35.5. The zero-order valence-corrected chi connectivity index (χ0v) is 18.7. The number of methoxy groups -OCH3 is 1. The van der Waals surface area contributed by atoms with E-state index in [9.17, 15) is 31.5 Å². The second-order valence-electron chi connectivity index (χ2n) is 7.34. The van der Waals surface area contributed by atoms with Crippen molar-refractivity contribution in [1.82, 2.24) is 10.3 Å². The summed E-state index contributed by atoms with van der Waals surface area (Å²) in [4.78, 5) is 29.4. The van der Waals surface area contributed by atoms with Gasteiger partial charge in [-0.1, -0.05) is 17.7 Å². The smallest absolute Gasteiger partial charge is 0.416 e. The first-order chi connectivity index (χ1) is 16.4. The summed E-state index contributed by atoms with van der Waals surface area (Å²) in [6, 6.07) is 7.92. The Bertz CT molecular complexity index is 1240. The van der Waals surface area contributed by atoms with E-state index in [0.29, 0.717) is 6.07 Å². The lowest BCUT2D eigenvalue weighted by molar-refractivity contribution is -0.142. The van der Waals surface area contributed by atoms with Gasteiger partial charge < -0.3 is 15.4 Å². The van der Waals surface area contributed by atoms with Crippen LogP contribution >= 0.6 is 11.6 Å². The number of hydrogen-bond donors (Lipinski definition) is 2. The zero-order valence-electron chi connectivity index (χ0n) is 17.9. The van der Waals surface area contributed by atoms with Crippen molar-refractivity contribution >= 4 is 29.3 Å². The van der Waals surface area contributed by atoms with Gasteiger partial charge in [-0.3, -0.25) is 9.78 Å². The second-order valence-corrected chi connectivity index (χ2v) is 7.77. The Morgan fingerprint density at radius 1 is 1.00 bits per heavy atom. The fourth-order valence-electron chi connectivity index (χ4n) is 3.36. The third-order valence-electron chi connectivity index (χ3n) is 4.93. The summed E-state index contributed by atoms with van der Waals surface area (Å²) < 4.78 is 73.1. The number of amides is 2. The predicted octanol–water partition coefficient (Wildman–Crippen LogP) is 5.66. The minimum atomic E-state index is -4.94. The second kappa shape index (κ2) is 10.3. The summed E-state index contributed by atoms with van der Waals surface area (Å²) in [5, 5.41) is 4.89. The summed E-state index contributed by atoms with van der Waals surface area (Å²) in [5.74, 6) is -2.89. The third-order valence-corrected chi connectivity index (χ3v) is 5.15. The van der Waals surface area contributed by atoms with Crippen molar-refractivity contribution in [2.24, 2.45) is 0 Å². The van der Waals surface area contributed by atoms with Gasteiger partial charge in [-0.2, -0.15) is 13.2 Å². The fourth-order valence-corrected chi connectivity index (χ4v) is 3.47. The number of alkyl halides is 3. The monoisotopic (exact) mass is 513 g/mol. The summed E-state index contributed by atoms with van der Waals surface area (Å²) in [6.07, 6.45) is -4.57. The molecular formula is C23H17ClF5N3O3. The summed E-state index contributed by atoms with van der Waals surface area (Å²) in [6.45, 7) is 0. The molecule has 2 aromatic carbocycles. The van der Waals surface area contributed by atoms with Gasteiger partial charge in [0.2, 0.25) is 0 Å². The molecule has 184 valence electrons. The van der Waals surface area contributed by atoms with Crippen molar-refractivity contribution in [3.05, 3.63) is 94.3 Å². The largest absolute Gasteiger partial charge is 0.469 e. The minimum Gasteiger partial charge on any atom is -0.469 e. The SMILES string of the molecule is COC(=O)C[C@](NC(=O)Nc1cccc(F)c1)(c1cc(F)cc(C(F)(F)F)c1)c1ccc(Cl)cn1. The lowest BCUT2D eigenvalue weighted by Crippen LogP contribution is -2.50. The summed E-state index contributed by atoms with van der Waals surface area (Å²) >= 11 is 5.88. The van der Waals surface area contributed by atoms with Crippen LogP contribution in [0.1, 0.15) is 23.2 Å². The number of halogens is 6. The van der Waals surface area contributed by atoms with E-state index in [1.807, 2.05) is 0 Å². The Morgan fingerprint density at radius 3 is 2.31 bits per heavy atom. The van der Waals surface area contributed by atoms with E-state index in [2.05, 4.69) is 20.4 Å². The quantitative estimate of drug-likeness (QED) is 0.329. The number of urea groups is 1. The van der Waals surface area contributed by atoms with E-state index < -0.39 is 52.9 Å².